The molecule has 96 valence electrons. The van der Waals surface area contributed by atoms with Crippen LogP contribution >= 0.6 is 0 Å². The van der Waals surface area contributed by atoms with Crippen molar-refractivity contribution in [3.63, 3.8) is 0 Å². The number of hydrogen-bond donors (Lipinski definition) is 1. The van der Waals surface area contributed by atoms with Gasteiger partial charge in [-0.05, 0) is 30.7 Å². The van der Waals surface area contributed by atoms with Gasteiger partial charge in [-0.1, -0.05) is 61.6 Å². The minimum Gasteiger partial charge on any atom is -0.372 e. The lowest BCUT2D eigenvalue weighted by molar-refractivity contribution is 0.755. The molecule has 0 saturated carbocycles. The Hall–Kier alpha value is -2.20. The fraction of sp³-hybridized carbons (Fsp3) is 0.222. The van der Waals surface area contributed by atoms with Crippen molar-refractivity contribution in [1.29, 1.82) is 0 Å². The molecule has 0 fully saturated rings. The van der Waals surface area contributed by atoms with Crippen LogP contribution in [-0.2, 0) is 0 Å². The zero-order valence-corrected chi connectivity index (χ0v) is 11.3. The Morgan fingerprint density at radius 1 is 0.947 bits per heavy atom. The zero-order valence-electron chi connectivity index (χ0n) is 11.3. The Morgan fingerprint density at radius 2 is 1.58 bits per heavy atom. The van der Waals surface area contributed by atoms with Gasteiger partial charge in [0, 0.05) is 11.3 Å². The first kappa shape index (κ1) is 13.2. The molecule has 0 spiro atoms. The summed E-state index contributed by atoms with van der Waals surface area (Å²) in [5, 5.41) is 3.48. The Morgan fingerprint density at radius 3 is 2.21 bits per heavy atom. The molecule has 1 heteroatoms. The molecule has 2 rings (SSSR count). The number of nitrogens with one attached hydrogen (secondary N) is 1. The van der Waals surface area contributed by atoms with E-state index in [1.807, 2.05) is 48.5 Å². The summed E-state index contributed by atoms with van der Waals surface area (Å²) in [4.78, 5) is 0. The van der Waals surface area contributed by atoms with Crippen LogP contribution in [0.5, 0.6) is 0 Å². The fourth-order valence-corrected chi connectivity index (χ4v) is 1.90. The van der Waals surface area contributed by atoms with E-state index in [1.54, 1.807) is 0 Å². The fourth-order valence-electron chi connectivity index (χ4n) is 1.90. The minimum atomic E-state index is 0.201. The van der Waals surface area contributed by atoms with Gasteiger partial charge in [-0.3, -0.25) is 0 Å². The number of rotatable bonds is 4. The Labute approximate surface area is 115 Å². The molecule has 0 radical (unpaired) electrons. The summed E-state index contributed by atoms with van der Waals surface area (Å²) >= 11 is 0. The monoisotopic (exact) mass is 249 g/mol. The van der Waals surface area contributed by atoms with Gasteiger partial charge in [-0.2, -0.15) is 0 Å². The molecular formula is C18H19N. The van der Waals surface area contributed by atoms with Crippen molar-refractivity contribution in [2.45, 2.75) is 25.8 Å². The largest absolute Gasteiger partial charge is 0.372 e. The van der Waals surface area contributed by atoms with Crippen molar-refractivity contribution in [2.75, 3.05) is 5.32 Å². The average Bonchev–Trinajstić information content (AvgIpc) is 2.47. The molecule has 0 saturated heterocycles. The van der Waals surface area contributed by atoms with Crippen LogP contribution in [-0.4, -0.2) is 6.04 Å². The van der Waals surface area contributed by atoms with Crippen LogP contribution in [0.25, 0.3) is 0 Å². The van der Waals surface area contributed by atoms with E-state index in [1.165, 1.54) is 0 Å². The van der Waals surface area contributed by atoms with Gasteiger partial charge in [0.25, 0.3) is 0 Å². The SMILES string of the molecule is CCC[C@H](C#Cc1ccccc1)Nc1ccccc1. The molecule has 0 bridgehead atoms. The van der Waals surface area contributed by atoms with E-state index in [2.05, 4.69) is 36.2 Å². The third-order valence-electron chi connectivity index (χ3n) is 2.86. The second-order valence-electron chi connectivity index (χ2n) is 4.49. The average molecular weight is 249 g/mol. The zero-order chi connectivity index (χ0) is 13.3. The van der Waals surface area contributed by atoms with Crippen LogP contribution in [0.15, 0.2) is 60.7 Å². The van der Waals surface area contributed by atoms with Crippen LogP contribution in [0.2, 0.25) is 0 Å². The van der Waals surface area contributed by atoms with E-state index in [4.69, 9.17) is 0 Å². The summed E-state index contributed by atoms with van der Waals surface area (Å²) in [7, 11) is 0. The summed E-state index contributed by atoms with van der Waals surface area (Å²) in [6.45, 7) is 2.18. The Bertz CT molecular complexity index is 534. The second-order valence-corrected chi connectivity index (χ2v) is 4.49. The minimum absolute atomic E-state index is 0.201. The van der Waals surface area contributed by atoms with Crippen LogP contribution in [0, 0.1) is 11.8 Å². The highest BCUT2D eigenvalue weighted by molar-refractivity contribution is 5.46. The molecule has 0 aliphatic carbocycles. The van der Waals surface area contributed by atoms with E-state index in [0.717, 1.165) is 24.1 Å². The molecule has 0 unspecified atom stereocenters. The number of benzene rings is 2. The van der Waals surface area contributed by atoms with Gasteiger partial charge in [0.05, 0.1) is 6.04 Å². The van der Waals surface area contributed by atoms with Crippen molar-refractivity contribution >= 4 is 5.69 Å². The molecule has 19 heavy (non-hydrogen) atoms. The molecular weight excluding hydrogens is 230 g/mol. The molecule has 0 amide bonds. The first-order valence-corrected chi connectivity index (χ1v) is 6.76. The van der Waals surface area contributed by atoms with E-state index < -0.39 is 0 Å². The Balaban J connectivity index is 2.07. The molecule has 1 nitrogen and oxygen atoms in total. The molecule has 0 aliphatic heterocycles. The highest BCUT2D eigenvalue weighted by atomic mass is 14.9. The summed E-state index contributed by atoms with van der Waals surface area (Å²) in [6.07, 6.45) is 2.17. The standard InChI is InChI=1S/C18H19N/c1-2-9-17(19-18-12-7-4-8-13-18)15-14-16-10-5-3-6-11-16/h3-8,10-13,17,19H,2,9H2,1H3/t17-/m1/s1. The normalized spacial score (nSPS) is 11.2. The number of para-hydroxylation sites is 1. The quantitative estimate of drug-likeness (QED) is 0.796. The van der Waals surface area contributed by atoms with E-state index in [-0.39, 0.29) is 6.04 Å². The van der Waals surface area contributed by atoms with Crippen LogP contribution in [0.3, 0.4) is 0 Å². The van der Waals surface area contributed by atoms with Gasteiger partial charge in [0.15, 0.2) is 0 Å². The van der Waals surface area contributed by atoms with Crippen LogP contribution < -0.4 is 5.32 Å². The topological polar surface area (TPSA) is 12.0 Å². The second kappa shape index (κ2) is 7.28. The summed E-state index contributed by atoms with van der Waals surface area (Å²) in [5.74, 6) is 6.56. The van der Waals surface area contributed by atoms with E-state index in [0.29, 0.717) is 0 Å². The smallest absolute Gasteiger partial charge is 0.0880 e. The maximum Gasteiger partial charge on any atom is 0.0880 e. The third kappa shape index (κ3) is 4.52. The predicted octanol–water partition coefficient (Wildman–Crippen LogP) is 4.32. The molecule has 0 aromatic heterocycles. The van der Waals surface area contributed by atoms with Crippen LogP contribution in [0.4, 0.5) is 5.69 Å². The van der Waals surface area contributed by atoms with Crippen molar-refractivity contribution < 1.29 is 0 Å². The first-order valence-electron chi connectivity index (χ1n) is 6.76. The summed E-state index contributed by atoms with van der Waals surface area (Å²) in [6, 6.07) is 20.6. The number of anilines is 1. The third-order valence-corrected chi connectivity index (χ3v) is 2.86. The van der Waals surface area contributed by atoms with Crippen molar-refractivity contribution in [3.05, 3.63) is 66.2 Å². The maximum atomic E-state index is 3.48. The lowest BCUT2D eigenvalue weighted by Gasteiger charge is -2.13. The van der Waals surface area contributed by atoms with Gasteiger partial charge in [-0.25, -0.2) is 0 Å². The van der Waals surface area contributed by atoms with Crippen molar-refractivity contribution in [1.82, 2.24) is 0 Å². The van der Waals surface area contributed by atoms with Crippen molar-refractivity contribution in [3.8, 4) is 11.8 Å². The predicted molar refractivity (Wildman–Crippen MR) is 82.1 cm³/mol. The molecule has 2 aromatic rings. The van der Waals surface area contributed by atoms with Gasteiger partial charge in [-0.15, -0.1) is 0 Å². The van der Waals surface area contributed by atoms with Gasteiger partial charge in [0.2, 0.25) is 0 Å². The molecule has 1 N–H and O–H groups in total. The Kier molecular flexibility index (Phi) is 5.07. The van der Waals surface area contributed by atoms with Crippen molar-refractivity contribution in [2.24, 2.45) is 0 Å². The van der Waals surface area contributed by atoms with E-state index in [9.17, 15) is 0 Å². The number of hydrogen-bond acceptors (Lipinski definition) is 1. The highest BCUT2D eigenvalue weighted by Crippen LogP contribution is 2.09. The lowest BCUT2D eigenvalue weighted by Crippen LogP contribution is -2.16. The first-order chi connectivity index (χ1) is 9.38. The van der Waals surface area contributed by atoms with E-state index >= 15 is 0 Å². The molecule has 1 atom stereocenters. The summed E-state index contributed by atoms with van der Waals surface area (Å²) in [5.41, 5.74) is 2.20. The molecule has 0 aliphatic rings. The van der Waals surface area contributed by atoms with Gasteiger partial charge < -0.3 is 5.32 Å². The maximum absolute atomic E-state index is 3.48. The van der Waals surface area contributed by atoms with Crippen LogP contribution in [0.1, 0.15) is 25.3 Å². The summed E-state index contributed by atoms with van der Waals surface area (Å²) < 4.78 is 0. The van der Waals surface area contributed by atoms with Gasteiger partial charge >= 0.3 is 0 Å². The molecule has 0 heterocycles. The lowest BCUT2D eigenvalue weighted by atomic mass is 10.1. The molecule has 2 aromatic carbocycles. The highest BCUT2D eigenvalue weighted by Gasteiger charge is 2.02. The van der Waals surface area contributed by atoms with Gasteiger partial charge in [0.1, 0.15) is 0 Å².